The van der Waals surface area contributed by atoms with E-state index in [1.54, 1.807) is 18.3 Å². The van der Waals surface area contributed by atoms with Crippen molar-refractivity contribution >= 4 is 46.4 Å². The molecule has 5 aromatic carbocycles. The minimum atomic E-state index is -2.16. The molecule has 0 bridgehead atoms. The van der Waals surface area contributed by atoms with E-state index in [0.717, 1.165) is 61.3 Å². The zero-order valence-corrected chi connectivity index (χ0v) is 35.7. The molecular weight excluding hydrogens is 881 g/mol. The first-order valence-corrected chi connectivity index (χ1v) is 22.0. The van der Waals surface area contributed by atoms with Crippen molar-refractivity contribution in [1.29, 1.82) is 0 Å². The van der Waals surface area contributed by atoms with Gasteiger partial charge >= 0.3 is 0 Å². The number of furan rings is 1. The number of hydrogen-bond acceptors (Lipinski definition) is 4. The Morgan fingerprint density at radius 2 is 1.54 bits per heavy atom. The van der Waals surface area contributed by atoms with Crippen LogP contribution in [0.3, 0.4) is 0 Å². The molecule has 0 atom stereocenters. The molecule has 0 spiro atoms. The fourth-order valence-electron chi connectivity index (χ4n) is 6.84. The second-order valence-corrected chi connectivity index (χ2v) is 20.9. The topological polar surface area (TPSA) is 56.7 Å². The van der Waals surface area contributed by atoms with Crippen LogP contribution in [0.15, 0.2) is 144 Å². The maximum Gasteiger partial charge on any atom is 0.216 e. The molecule has 5 nitrogen and oxygen atoms in total. The van der Waals surface area contributed by atoms with E-state index in [1.165, 1.54) is 10.8 Å². The number of benzene rings is 5. The van der Waals surface area contributed by atoms with Crippen LogP contribution in [0.4, 0.5) is 0 Å². The summed E-state index contributed by atoms with van der Waals surface area (Å²) in [4.78, 5) is 14.1. The fourth-order valence-corrected chi connectivity index (χ4v) is 7.87. The summed E-state index contributed by atoms with van der Waals surface area (Å²) in [5.41, 5.74) is 10.2. The summed E-state index contributed by atoms with van der Waals surface area (Å²) in [5, 5.41) is 3.15. The third-order valence-corrected chi connectivity index (χ3v) is 11.9. The van der Waals surface area contributed by atoms with E-state index in [2.05, 4.69) is 110 Å². The number of rotatable bonds is 5. The third kappa shape index (κ3) is 7.68. The third-order valence-electron chi connectivity index (χ3n) is 9.92. The van der Waals surface area contributed by atoms with E-state index in [0.29, 0.717) is 16.9 Å². The zero-order valence-electron chi connectivity index (χ0n) is 35.3. The first kappa shape index (κ1) is 35.0. The minimum absolute atomic E-state index is 0. The van der Waals surface area contributed by atoms with Crippen LogP contribution >= 0.6 is 0 Å². The molecule has 0 unspecified atom stereocenters. The molecule has 0 saturated heterocycles. The molecule has 281 valence electrons. The van der Waals surface area contributed by atoms with E-state index in [1.807, 2.05) is 79.0 Å². The summed E-state index contributed by atoms with van der Waals surface area (Å²) >= 11 is 0. The van der Waals surface area contributed by atoms with Crippen LogP contribution in [0, 0.1) is 19.0 Å². The van der Waals surface area contributed by atoms with E-state index < -0.39 is 14.9 Å². The van der Waals surface area contributed by atoms with Crippen LogP contribution in [0.5, 0.6) is 0 Å². The molecule has 9 rings (SSSR count). The molecule has 0 amide bonds. The molecule has 0 saturated carbocycles. The first-order valence-electron chi connectivity index (χ1n) is 20.0. The van der Waals surface area contributed by atoms with E-state index in [9.17, 15) is 0 Å². The monoisotopic (exact) mass is 928 g/mol. The smallest absolute Gasteiger partial charge is 0.216 e. The zero-order chi connectivity index (χ0) is 40.8. The largest absolute Gasteiger partial charge is 0.486 e. The van der Waals surface area contributed by atoms with Gasteiger partial charge in [-0.15, -0.1) is 54.1 Å². The fraction of sp³-hybridized carbons (Fsp3) is 0.163. The van der Waals surface area contributed by atoms with Gasteiger partial charge < -0.3 is 14.0 Å². The minimum Gasteiger partial charge on any atom is -0.486 e. The molecule has 1 radical (unpaired) electrons. The van der Waals surface area contributed by atoms with Crippen LogP contribution in [0.1, 0.15) is 36.0 Å². The number of para-hydroxylation sites is 2. The summed E-state index contributed by atoms with van der Waals surface area (Å²) in [5.74, 6) is 0.730. The molecule has 0 aliphatic heterocycles. The molecule has 9 aromatic rings. The van der Waals surface area contributed by atoms with Gasteiger partial charge in [0.05, 0.1) is 30.5 Å². The SMILES string of the molecule is C[Si](C)(C)c1ccc(-c2[c-]cccc2)nc1.[2H]C([2H])([2H])c1ccc(-c2ccnc3oc4c(-c5nc6ccccc6n5-c5ccc(C(C)(C)C)cc5)[c-]ccc4c23)cc1.[Ir]. The summed E-state index contributed by atoms with van der Waals surface area (Å²) in [6, 6.07) is 48.4. The molecule has 4 heterocycles. The molecule has 4 aromatic heterocycles. The molecule has 0 aliphatic rings. The average molecular weight is 928 g/mol. The van der Waals surface area contributed by atoms with Crippen LogP contribution in [0.2, 0.25) is 19.6 Å². The molecule has 0 N–H and O–H groups in total. The second kappa shape index (κ2) is 15.6. The molecule has 7 heteroatoms. The van der Waals surface area contributed by atoms with Crippen LogP contribution in [-0.4, -0.2) is 27.6 Å². The number of pyridine rings is 2. The van der Waals surface area contributed by atoms with Gasteiger partial charge in [0.1, 0.15) is 0 Å². The van der Waals surface area contributed by atoms with E-state index in [4.69, 9.17) is 13.5 Å². The quantitative estimate of drug-likeness (QED) is 0.127. The van der Waals surface area contributed by atoms with Gasteiger partial charge in [-0.1, -0.05) is 118 Å². The van der Waals surface area contributed by atoms with Crippen molar-refractivity contribution < 1.29 is 28.6 Å². The Labute approximate surface area is 348 Å². The Hall–Kier alpha value is -5.46. The Morgan fingerprint density at radius 3 is 2.21 bits per heavy atom. The molecular formula is C49H44IrN4OSi-2. The number of fused-ring (bicyclic) bond motifs is 4. The molecule has 0 aliphatic carbocycles. The van der Waals surface area contributed by atoms with Gasteiger partial charge in [-0.2, -0.15) is 0 Å². The first-order chi connectivity index (χ1) is 27.7. The van der Waals surface area contributed by atoms with E-state index >= 15 is 0 Å². The number of aryl methyl sites for hydroxylation is 1. The van der Waals surface area contributed by atoms with Crippen LogP contribution in [0.25, 0.3) is 72.6 Å². The van der Waals surface area contributed by atoms with Gasteiger partial charge in [0.2, 0.25) is 5.71 Å². The standard InChI is InChI=1S/C35H28N3O.C14H16NSi.Ir/c1-22-12-14-23(15-13-22)26-20-21-36-34-31(26)27-8-7-9-28(32(27)39-34)33-37-29-10-5-6-11-30(29)38(33)25-18-16-24(17-19-25)35(2,3)4;1-16(2,3)13-9-10-14(15-11-13)12-7-5-4-6-8-12;/h5-8,10-21H,1-4H3;4-7,9-11H,1-3H3;/q2*-1;/i1D3;;. The van der Waals surface area contributed by atoms with E-state index in [-0.39, 0.29) is 25.5 Å². The Kier molecular flexibility index (Phi) is 9.74. The number of nitrogens with zero attached hydrogens (tertiary/aromatic N) is 4. The van der Waals surface area contributed by atoms with Crippen molar-refractivity contribution in [3.05, 3.63) is 163 Å². The van der Waals surface area contributed by atoms with Gasteiger partial charge in [-0.25, -0.2) is 4.98 Å². The van der Waals surface area contributed by atoms with Gasteiger partial charge in [-0.05, 0) is 70.2 Å². The van der Waals surface area contributed by atoms with Crippen molar-refractivity contribution in [2.24, 2.45) is 0 Å². The van der Waals surface area contributed by atoms with Gasteiger partial charge in [0.25, 0.3) is 0 Å². The maximum atomic E-state index is 7.72. The summed E-state index contributed by atoms with van der Waals surface area (Å²) in [6.07, 6.45) is 3.73. The summed E-state index contributed by atoms with van der Waals surface area (Å²) in [6.45, 7) is 11.5. The normalized spacial score (nSPS) is 12.7. The van der Waals surface area contributed by atoms with Gasteiger partial charge in [0.15, 0.2) is 0 Å². The van der Waals surface area contributed by atoms with Crippen molar-refractivity contribution in [2.75, 3.05) is 0 Å². The Balaban J connectivity index is 0.000000262. The van der Waals surface area contributed by atoms with Crippen molar-refractivity contribution in [1.82, 2.24) is 19.5 Å². The Morgan fingerprint density at radius 1 is 0.768 bits per heavy atom. The van der Waals surface area contributed by atoms with Crippen LogP contribution in [-0.2, 0) is 25.5 Å². The second-order valence-electron chi connectivity index (χ2n) is 15.8. The van der Waals surface area contributed by atoms with Crippen molar-refractivity contribution in [3.8, 4) is 39.5 Å². The summed E-state index contributed by atoms with van der Waals surface area (Å²) < 4.78 is 31.8. The Bertz CT molecular complexity index is 2870. The number of hydrogen-bond donors (Lipinski definition) is 0. The van der Waals surface area contributed by atoms with Gasteiger partial charge in [0, 0.05) is 47.7 Å². The predicted octanol–water partition coefficient (Wildman–Crippen LogP) is 12.2. The van der Waals surface area contributed by atoms with Crippen LogP contribution < -0.4 is 5.19 Å². The predicted molar refractivity (Wildman–Crippen MR) is 231 cm³/mol. The average Bonchev–Trinajstić information content (AvgIpc) is 3.80. The molecule has 0 fully saturated rings. The summed E-state index contributed by atoms with van der Waals surface area (Å²) in [7, 11) is -1.23. The molecule has 56 heavy (non-hydrogen) atoms. The maximum absolute atomic E-state index is 7.72. The van der Waals surface area contributed by atoms with Gasteiger partial charge in [-0.3, -0.25) is 4.98 Å². The van der Waals surface area contributed by atoms with Crippen molar-refractivity contribution in [2.45, 2.75) is 52.7 Å². The number of aromatic nitrogens is 4. The number of imidazole rings is 1. The van der Waals surface area contributed by atoms with Crippen molar-refractivity contribution in [3.63, 3.8) is 0 Å².